The summed E-state index contributed by atoms with van der Waals surface area (Å²) in [7, 11) is 0. The quantitative estimate of drug-likeness (QED) is 0.567. The highest BCUT2D eigenvalue weighted by atomic mass is 32.1. The largest absolute Gasteiger partial charge is 0.375 e. The van der Waals surface area contributed by atoms with E-state index in [1.54, 1.807) is 6.20 Å². The number of nitrogens with zero attached hydrogens (tertiary/aromatic N) is 2. The molecule has 0 bridgehead atoms. The van der Waals surface area contributed by atoms with Gasteiger partial charge in [0.25, 0.3) is 0 Å². The smallest absolute Gasteiger partial charge is 0.181 e. The van der Waals surface area contributed by atoms with Crippen LogP contribution in [0.15, 0.2) is 18.3 Å². The van der Waals surface area contributed by atoms with Crippen LogP contribution in [-0.2, 0) is 0 Å². The first-order chi connectivity index (χ1) is 6.33. The molecule has 64 valence electrons. The molecule has 0 saturated carbocycles. The molecule has 0 atom stereocenters. The monoisotopic (exact) mass is 190 g/mol. The van der Waals surface area contributed by atoms with Crippen LogP contribution < -0.4 is 5.73 Å². The van der Waals surface area contributed by atoms with E-state index in [-0.39, 0.29) is 0 Å². The lowest BCUT2D eigenvalue weighted by molar-refractivity contribution is 1.12. The SMILES string of the molecule is Nc1nc2cc3cn[nH]c3cc2s1. The molecule has 0 aliphatic carbocycles. The van der Waals surface area contributed by atoms with Crippen LogP contribution in [0, 0.1) is 0 Å². The summed E-state index contributed by atoms with van der Waals surface area (Å²) in [6.45, 7) is 0. The third-order valence-electron chi connectivity index (χ3n) is 1.96. The van der Waals surface area contributed by atoms with Gasteiger partial charge in [-0.3, -0.25) is 5.10 Å². The van der Waals surface area contributed by atoms with Gasteiger partial charge in [-0.25, -0.2) is 4.98 Å². The Labute approximate surface area is 77.4 Å². The van der Waals surface area contributed by atoms with Gasteiger partial charge in [-0.1, -0.05) is 11.3 Å². The molecule has 1 aromatic carbocycles. The Morgan fingerprint density at radius 1 is 1.38 bits per heavy atom. The summed E-state index contributed by atoms with van der Waals surface area (Å²) in [6.07, 6.45) is 1.78. The highest BCUT2D eigenvalue weighted by Gasteiger charge is 2.03. The first-order valence-corrected chi connectivity index (χ1v) is 4.64. The zero-order valence-electron chi connectivity index (χ0n) is 6.61. The van der Waals surface area contributed by atoms with Gasteiger partial charge in [-0.15, -0.1) is 0 Å². The molecule has 0 unspecified atom stereocenters. The van der Waals surface area contributed by atoms with Crippen molar-refractivity contribution in [2.24, 2.45) is 0 Å². The van der Waals surface area contributed by atoms with E-state index < -0.39 is 0 Å². The van der Waals surface area contributed by atoms with Crippen LogP contribution in [0.4, 0.5) is 5.13 Å². The summed E-state index contributed by atoms with van der Waals surface area (Å²) in [5.41, 5.74) is 7.57. The van der Waals surface area contributed by atoms with E-state index >= 15 is 0 Å². The molecule has 0 aliphatic rings. The summed E-state index contributed by atoms with van der Waals surface area (Å²) in [6, 6.07) is 4.01. The molecular weight excluding hydrogens is 184 g/mol. The van der Waals surface area contributed by atoms with Crippen molar-refractivity contribution in [2.75, 3.05) is 5.73 Å². The van der Waals surface area contributed by atoms with E-state index in [4.69, 9.17) is 5.73 Å². The fourth-order valence-corrected chi connectivity index (χ4v) is 2.14. The first-order valence-electron chi connectivity index (χ1n) is 3.82. The van der Waals surface area contributed by atoms with Crippen LogP contribution in [-0.4, -0.2) is 15.2 Å². The molecule has 0 fully saturated rings. The Morgan fingerprint density at radius 3 is 3.23 bits per heavy atom. The molecule has 2 heterocycles. The number of nitrogens with two attached hydrogens (primary N) is 1. The molecule has 4 nitrogen and oxygen atoms in total. The number of rotatable bonds is 0. The van der Waals surface area contributed by atoms with Crippen LogP contribution >= 0.6 is 11.3 Å². The van der Waals surface area contributed by atoms with Gasteiger partial charge >= 0.3 is 0 Å². The minimum atomic E-state index is 0.607. The number of aromatic amines is 1. The maximum absolute atomic E-state index is 5.60. The second-order valence-corrected chi connectivity index (χ2v) is 3.89. The summed E-state index contributed by atoms with van der Waals surface area (Å²) < 4.78 is 1.09. The van der Waals surface area contributed by atoms with Crippen LogP contribution in [0.1, 0.15) is 0 Å². The summed E-state index contributed by atoms with van der Waals surface area (Å²) >= 11 is 1.49. The van der Waals surface area contributed by atoms with Crippen molar-refractivity contribution in [3.05, 3.63) is 18.3 Å². The number of anilines is 1. The Balaban J connectivity index is 2.54. The standard InChI is InChI=1S/C8H6N4S/c9-8-11-6-1-4-3-10-12-5(4)2-7(6)13-8/h1-3H,(H2,9,11)(H,10,12). The van der Waals surface area contributed by atoms with Crippen LogP contribution in [0.5, 0.6) is 0 Å². The maximum atomic E-state index is 5.60. The van der Waals surface area contributed by atoms with E-state index in [9.17, 15) is 0 Å². The van der Waals surface area contributed by atoms with Crippen molar-refractivity contribution in [3.63, 3.8) is 0 Å². The molecule has 2 aromatic heterocycles. The maximum Gasteiger partial charge on any atom is 0.181 e. The Hall–Kier alpha value is -1.62. The van der Waals surface area contributed by atoms with Gasteiger partial charge in [0.05, 0.1) is 21.9 Å². The van der Waals surface area contributed by atoms with Crippen molar-refractivity contribution in [2.45, 2.75) is 0 Å². The van der Waals surface area contributed by atoms with Crippen molar-refractivity contribution in [1.29, 1.82) is 0 Å². The van der Waals surface area contributed by atoms with Crippen molar-refractivity contribution in [1.82, 2.24) is 15.2 Å². The van der Waals surface area contributed by atoms with Crippen LogP contribution in [0.25, 0.3) is 21.1 Å². The molecule has 0 aliphatic heterocycles. The first kappa shape index (κ1) is 6.85. The number of hydrogen-bond donors (Lipinski definition) is 2. The molecule has 0 radical (unpaired) electrons. The molecule has 13 heavy (non-hydrogen) atoms. The van der Waals surface area contributed by atoms with Crippen molar-refractivity contribution in [3.8, 4) is 0 Å². The average Bonchev–Trinajstić information content (AvgIpc) is 2.63. The Bertz CT molecular complexity index is 532. The number of nitrogen functional groups attached to an aromatic ring is 1. The molecule has 3 aromatic rings. The fraction of sp³-hybridized carbons (Fsp3) is 0. The molecule has 0 amide bonds. The molecule has 3 N–H and O–H groups in total. The lowest BCUT2D eigenvalue weighted by Crippen LogP contribution is -1.78. The third-order valence-corrected chi connectivity index (χ3v) is 2.81. The highest BCUT2D eigenvalue weighted by Crippen LogP contribution is 2.27. The summed E-state index contributed by atoms with van der Waals surface area (Å²) in [5, 5.41) is 8.53. The molecule has 5 heteroatoms. The predicted molar refractivity (Wildman–Crippen MR) is 53.7 cm³/mol. The second-order valence-electron chi connectivity index (χ2n) is 2.83. The van der Waals surface area contributed by atoms with Crippen molar-refractivity contribution >= 4 is 37.6 Å². The minimum Gasteiger partial charge on any atom is -0.375 e. The molecular formula is C8H6N4S. The predicted octanol–water partition coefficient (Wildman–Crippen LogP) is 1.75. The van der Waals surface area contributed by atoms with E-state index in [1.807, 2.05) is 12.1 Å². The molecule has 0 spiro atoms. The number of thiazole rings is 1. The van der Waals surface area contributed by atoms with Crippen molar-refractivity contribution < 1.29 is 0 Å². The zero-order chi connectivity index (χ0) is 8.84. The van der Waals surface area contributed by atoms with Gasteiger partial charge in [0.15, 0.2) is 5.13 Å². The van der Waals surface area contributed by atoms with Gasteiger partial charge < -0.3 is 5.73 Å². The number of nitrogens with one attached hydrogen (secondary N) is 1. The van der Waals surface area contributed by atoms with E-state index in [1.165, 1.54) is 11.3 Å². The summed E-state index contributed by atoms with van der Waals surface area (Å²) in [4.78, 5) is 4.20. The van der Waals surface area contributed by atoms with E-state index in [0.717, 1.165) is 21.1 Å². The van der Waals surface area contributed by atoms with Crippen LogP contribution in [0.3, 0.4) is 0 Å². The lowest BCUT2D eigenvalue weighted by Gasteiger charge is -1.87. The summed E-state index contributed by atoms with van der Waals surface area (Å²) in [5.74, 6) is 0. The fourth-order valence-electron chi connectivity index (χ4n) is 1.38. The minimum absolute atomic E-state index is 0.607. The van der Waals surface area contributed by atoms with Gasteiger partial charge in [0.2, 0.25) is 0 Å². The normalized spacial score (nSPS) is 11.4. The number of benzene rings is 1. The Kier molecular flexibility index (Phi) is 1.16. The number of fused-ring (bicyclic) bond motifs is 2. The zero-order valence-corrected chi connectivity index (χ0v) is 7.43. The second kappa shape index (κ2) is 2.20. The highest BCUT2D eigenvalue weighted by molar-refractivity contribution is 7.22. The third kappa shape index (κ3) is 0.905. The van der Waals surface area contributed by atoms with Gasteiger partial charge in [0, 0.05) is 5.39 Å². The van der Waals surface area contributed by atoms with E-state index in [0.29, 0.717) is 5.13 Å². The lowest BCUT2D eigenvalue weighted by atomic mass is 10.2. The average molecular weight is 190 g/mol. The topological polar surface area (TPSA) is 67.6 Å². The number of H-pyrrole nitrogens is 1. The van der Waals surface area contributed by atoms with Gasteiger partial charge in [-0.05, 0) is 12.1 Å². The number of hydrogen-bond acceptors (Lipinski definition) is 4. The van der Waals surface area contributed by atoms with Gasteiger partial charge in [-0.2, -0.15) is 5.10 Å². The molecule has 3 rings (SSSR count). The number of aromatic nitrogens is 3. The van der Waals surface area contributed by atoms with E-state index in [2.05, 4.69) is 15.2 Å². The Morgan fingerprint density at radius 2 is 2.31 bits per heavy atom. The van der Waals surface area contributed by atoms with Crippen LogP contribution in [0.2, 0.25) is 0 Å². The molecule has 0 saturated heterocycles. The van der Waals surface area contributed by atoms with Gasteiger partial charge in [0.1, 0.15) is 0 Å².